The van der Waals surface area contributed by atoms with Gasteiger partial charge in [-0.2, -0.15) is 0 Å². The molecule has 0 amide bonds. The van der Waals surface area contributed by atoms with Crippen LogP contribution >= 0.6 is 0 Å². The molecule has 3 nitrogen and oxygen atoms in total. The lowest BCUT2D eigenvalue weighted by Crippen LogP contribution is -2.00. The average Bonchev–Trinajstić information content (AvgIpc) is 3.00. The fourth-order valence-electron chi connectivity index (χ4n) is 2.69. The van der Waals surface area contributed by atoms with Gasteiger partial charge in [0.05, 0.1) is 19.8 Å². The molecule has 0 aromatic heterocycles. The summed E-state index contributed by atoms with van der Waals surface area (Å²) in [5.74, 6) is 1.82. The molecule has 0 fully saturated rings. The maximum Gasteiger partial charge on any atom is 0.122 e. The number of ether oxygens (including phenoxy) is 2. The number of hydrogen-bond acceptors (Lipinski definition) is 3. The molecule has 110 valence electrons. The van der Waals surface area contributed by atoms with Crippen molar-refractivity contribution in [3.63, 3.8) is 0 Å². The van der Waals surface area contributed by atoms with Crippen molar-refractivity contribution in [1.82, 2.24) is 0 Å². The fourth-order valence-corrected chi connectivity index (χ4v) is 2.69. The molecule has 0 aliphatic carbocycles. The molecule has 0 radical (unpaired) electrons. The van der Waals surface area contributed by atoms with E-state index in [-0.39, 0.29) is 0 Å². The van der Waals surface area contributed by atoms with Crippen LogP contribution in [0.2, 0.25) is 0 Å². The maximum absolute atomic E-state index is 10.3. The summed E-state index contributed by atoms with van der Waals surface area (Å²) in [6.45, 7) is 0.785. The lowest BCUT2D eigenvalue weighted by atomic mass is 9.99. The van der Waals surface area contributed by atoms with Crippen LogP contribution in [0.4, 0.5) is 0 Å². The van der Waals surface area contributed by atoms with E-state index in [4.69, 9.17) is 9.47 Å². The smallest absolute Gasteiger partial charge is 0.122 e. The molecule has 0 bridgehead atoms. The molecule has 1 atom stereocenters. The molecule has 2 aromatic rings. The van der Waals surface area contributed by atoms with Crippen LogP contribution in [-0.4, -0.2) is 18.8 Å². The first kappa shape index (κ1) is 14.0. The molecule has 0 spiro atoms. The molecular formula is C18H20O3. The van der Waals surface area contributed by atoms with Crippen LogP contribution in [0.15, 0.2) is 42.5 Å². The number of methoxy groups -OCH3 is 1. The number of hydrogen-bond donors (Lipinski definition) is 1. The predicted molar refractivity (Wildman–Crippen MR) is 81.9 cm³/mol. The van der Waals surface area contributed by atoms with Gasteiger partial charge in [0.2, 0.25) is 0 Å². The number of fused-ring (bicyclic) bond motifs is 1. The highest BCUT2D eigenvalue weighted by Gasteiger charge is 2.13. The van der Waals surface area contributed by atoms with Crippen molar-refractivity contribution in [1.29, 1.82) is 0 Å². The lowest BCUT2D eigenvalue weighted by Gasteiger charge is -2.12. The molecule has 1 heterocycles. The molecule has 21 heavy (non-hydrogen) atoms. The van der Waals surface area contributed by atoms with E-state index in [1.54, 1.807) is 7.11 Å². The van der Waals surface area contributed by atoms with E-state index >= 15 is 0 Å². The predicted octanol–water partition coefficient (Wildman–Crippen LogP) is 3.30. The van der Waals surface area contributed by atoms with Crippen molar-refractivity contribution >= 4 is 0 Å². The van der Waals surface area contributed by atoms with Crippen LogP contribution in [0.5, 0.6) is 11.5 Å². The van der Waals surface area contributed by atoms with Crippen molar-refractivity contribution in [2.24, 2.45) is 0 Å². The maximum atomic E-state index is 10.3. The first-order valence-electron chi connectivity index (χ1n) is 7.33. The molecule has 1 aliphatic heterocycles. The van der Waals surface area contributed by atoms with E-state index in [0.29, 0.717) is 6.42 Å². The number of aryl methyl sites for hydroxylation is 1. The van der Waals surface area contributed by atoms with E-state index in [1.807, 2.05) is 30.3 Å². The van der Waals surface area contributed by atoms with Crippen molar-refractivity contribution in [3.8, 4) is 11.5 Å². The van der Waals surface area contributed by atoms with Crippen LogP contribution in [0, 0.1) is 0 Å². The lowest BCUT2D eigenvalue weighted by molar-refractivity contribution is 0.168. The van der Waals surface area contributed by atoms with Gasteiger partial charge in [-0.25, -0.2) is 0 Å². The minimum absolute atomic E-state index is 0.444. The second kappa shape index (κ2) is 6.19. The van der Waals surface area contributed by atoms with Gasteiger partial charge in [-0.05, 0) is 47.7 Å². The Balaban J connectivity index is 1.61. The minimum atomic E-state index is -0.444. The summed E-state index contributed by atoms with van der Waals surface area (Å²) in [4.78, 5) is 0. The Morgan fingerprint density at radius 2 is 2.00 bits per heavy atom. The third kappa shape index (κ3) is 3.19. The molecule has 3 rings (SSSR count). The van der Waals surface area contributed by atoms with Gasteiger partial charge < -0.3 is 14.6 Å². The topological polar surface area (TPSA) is 38.7 Å². The summed E-state index contributed by atoms with van der Waals surface area (Å²) in [7, 11) is 1.64. The monoisotopic (exact) mass is 284 g/mol. The van der Waals surface area contributed by atoms with E-state index in [0.717, 1.165) is 36.5 Å². The Morgan fingerprint density at radius 1 is 1.19 bits per heavy atom. The van der Waals surface area contributed by atoms with Gasteiger partial charge in [0.25, 0.3) is 0 Å². The van der Waals surface area contributed by atoms with E-state index in [1.165, 1.54) is 11.1 Å². The van der Waals surface area contributed by atoms with Crippen molar-refractivity contribution < 1.29 is 14.6 Å². The Labute approximate surface area is 125 Å². The van der Waals surface area contributed by atoms with E-state index < -0.39 is 6.10 Å². The van der Waals surface area contributed by atoms with Crippen molar-refractivity contribution in [3.05, 3.63) is 59.2 Å². The molecule has 1 unspecified atom stereocenters. The van der Waals surface area contributed by atoms with Crippen LogP contribution in [0.1, 0.15) is 29.2 Å². The van der Waals surface area contributed by atoms with Crippen LogP contribution in [0.25, 0.3) is 0 Å². The van der Waals surface area contributed by atoms with Crippen LogP contribution in [0.3, 0.4) is 0 Å². The van der Waals surface area contributed by atoms with Crippen LogP contribution in [-0.2, 0) is 12.8 Å². The minimum Gasteiger partial charge on any atom is -0.497 e. The number of benzene rings is 2. The first-order valence-corrected chi connectivity index (χ1v) is 7.33. The zero-order valence-electron chi connectivity index (χ0n) is 12.2. The first-order chi connectivity index (χ1) is 10.3. The second-order valence-electron chi connectivity index (χ2n) is 5.37. The SMILES string of the molecule is COc1ccc(C(O)CCc2ccc3c(c2)CCO3)cc1. The molecule has 2 aromatic carbocycles. The highest BCUT2D eigenvalue weighted by Crippen LogP contribution is 2.27. The van der Waals surface area contributed by atoms with Gasteiger partial charge in [-0.15, -0.1) is 0 Å². The highest BCUT2D eigenvalue weighted by molar-refractivity contribution is 5.40. The third-order valence-corrected chi connectivity index (χ3v) is 3.96. The number of rotatable bonds is 5. The van der Waals surface area contributed by atoms with E-state index in [2.05, 4.69) is 12.1 Å². The van der Waals surface area contributed by atoms with Gasteiger partial charge >= 0.3 is 0 Å². The zero-order chi connectivity index (χ0) is 14.7. The second-order valence-corrected chi connectivity index (χ2v) is 5.37. The Hall–Kier alpha value is -2.00. The molecule has 1 aliphatic rings. The third-order valence-electron chi connectivity index (χ3n) is 3.96. The van der Waals surface area contributed by atoms with Crippen molar-refractivity contribution in [2.45, 2.75) is 25.4 Å². The van der Waals surface area contributed by atoms with Gasteiger partial charge in [-0.3, -0.25) is 0 Å². The molecule has 1 N–H and O–H groups in total. The molecule has 3 heteroatoms. The largest absolute Gasteiger partial charge is 0.497 e. The highest BCUT2D eigenvalue weighted by atomic mass is 16.5. The standard InChI is InChI=1S/C18H20O3/c1-20-16-6-4-14(5-7-16)17(19)8-2-13-3-9-18-15(12-13)10-11-21-18/h3-7,9,12,17,19H,2,8,10-11H2,1H3. The summed E-state index contributed by atoms with van der Waals surface area (Å²) < 4.78 is 10.6. The summed E-state index contributed by atoms with van der Waals surface area (Å²) in [5.41, 5.74) is 3.47. The molecular weight excluding hydrogens is 264 g/mol. The average molecular weight is 284 g/mol. The molecule has 0 saturated heterocycles. The number of aliphatic hydroxyl groups is 1. The van der Waals surface area contributed by atoms with Gasteiger partial charge in [0, 0.05) is 6.42 Å². The Kier molecular flexibility index (Phi) is 4.11. The Morgan fingerprint density at radius 3 is 2.76 bits per heavy atom. The van der Waals surface area contributed by atoms with Gasteiger partial charge in [-0.1, -0.05) is 24.3 Å². The summed E-state index contributed by atoms with van der Waals surface area (Å²) in [6, 6.07) is 13.9. The summed E-state index contributed by atoms with van der Waals surface area (Å²) >= 11 is 0. The summed E-state index contributed by atoms with van der Waals surface area (Å²) in [5, 5.41) is 10.3. The Bertz CT molecular complexity index is 604. The number of aliphatic hydroxyl groups excluding tert-OH is 1. The molecule has 0 saturated carbocycles. The fraction of sp³-hybridized carbons (Fsp3) is 0.333. The normalized spacial score (nSPS) is 14.4. The van der Waals surface area contributed by atoms with Gasteiger partial charge in [0.15, 0.2) is 0 Å². The van der Waals surface area contributed by atoms with Gasteiger partial charge in [0.1, 0.15) is 11.5 Å². The van der Waals surface area contributed by atoms with Crippen LogP contribution < -0.4 is 9.47 Å². The zero-order valence-corrected chi connectivity index (χ0v) is 12.2. The van der Waals surface area contributed by atoms with E-state index in [9.17, 15) is 5.11 Å². The quantitative estimate of drug-likeness (QED) is 0.915. The summed E-state index contributed by atoms with van der Waals surface area (Å²) in [6.07, 6.45) is 2.12. The van der Waals surface area contributed by atoms with Crippen molar-refractivity contribution in [2.75, 3.05) is 13.7 Å².